The standard InChI is InChI=1S/C12H13ClO/c1-2-11(14)12(7-8-12)9-3-5-10(13)6-4-9/h3-6H,2,7-8H2,1H3. The van der Waals surface area contributed by atoms with Crippen LogP contribution in [0.15, 0.2) is 24.3 Å². The molecule has 0 spiro atoms. The number of carbonyl (C=O) groups is 1. The van der Waals surface area contributed by atoms with E-state index in [1.807, 2.05) is 31.2 Å². The zero-order chi connectivity index (χ0) is 10.2. The summed E-state index contributed by atoms with van der Waals surface area (Å²) in [6.45, 7) is 1.93. The minimum Gasteiger partial charge on any atom is -0.299 e. The Morgan fingerprint density at radius 3 is 2.36 bits per heavy atom. The minimum absolute atomic E-state index is 0.153. The molecule has 0 atom stereocenters. The van der Waals surface area contributed by atoms with Crippen molar-refractivity contribution in [1.82, 2.24) is 0 Å². The van der Waals surface area contributed by atoms with Crippen molar-refractivity contribution in [1.29, 1.82) is 0 Å². The number of benzene rings is 1. The van der Waals surface area contributed by atoms with Gasteiger partial charge in [0.25, 0.3) is 0 Å². The molecule has 2 heteroatoms. The van der Waals surface area contributed by atoms with Crippen LogP contribution in [0.25, 0.3) is 0 Å². The monoisotopic (exact) mass is 208 g/mol. The second kappa shape index (κ2) is 3.39. The average molecular weight is 209 g/mol. The van der Waals surface area contributed by atoms with Crippen molar-refractivity contribution >= 4 is 17.4 Å². The van der Waals surface area contributed by atoms with Crippen molar-refractivity contribution in [3.63, 3.8) is 0 Å². The molecule has 1 aliphatic carbocycles. The molecule has 1 saturated carbocycles. The Balaban J connectivity index is 2.31. The Hall–Kier alpha value is -0.820. The fraction of sp³-hybridized carbons (Fsp3) is 0.417. The summed E-state index contributed by atoms with van der Waals surface area (Å²) < 4.78 is 0. The summed E-state index contributed by atoms with van der Waals surface area (Å²) in [5, 5.41) is 0.730. The predicted octanol–water partition coefficient (Wildman–Crippen LogP) is 3.35. The van der Waals surface area contributed by atoms with Crippen LogP contribution in [0.1, 0.15) is 31.7 Å². The van der Waals surface area contributed by atoms with E-state index in [0.29, 0.717) is 12.2 Å². The molecule has 1 aromatic rings. The number of rotatable bonds is 3. The fourth-order valence-electron chi connectivity index (χ4n) is 1.96. The van der Waals surface area contributed by atoms with E-state index in [1.54, 1.807) is 0 Å². The third kappa shape index (κ3) is 1.46. The fourth-order valence-corrected chi connectivity index (χ4v) is 2.09. The maximum atomic E-state index is 11.7. The number of Topliss-reactive ketones (excluding diaryl/α,β-unsaturated/α-hetero) is 1. The maximum absolute atomic E-state index is 11.7. The molecule has 1 aliphatic rings. The minimum atomic E-state index is -0.153. The van der Waals surface area contributed by atoms with Crippen LogP contribution in [-0.2, 0) is 10.2 Å². The van der Waals surface area contributed by atoms with Gasteiger partial charge in [-0.2, -0.15) is 0 Å². The molecule has 1 aromatic carbocycles. The molecule has 0 aliphatic heterocycles. The summed E-state index contributed by atoms with van der Waals surface area (Å²) in [4.78, 5) is 11.7. The molecular formula is C12H13ClO. The summed E-state index contributed by atoms with van der Waals surface area (Å²) in [5.74, 6) is 0.361. The summed E-state index contributed by atoms with van der Waals surface area (Å²) >= 11 is 5.81. The Morgan fingerprint density at radius 1 is 1.36 bits per heavy atom. The average Bonchev–Trinajstić information content (AvgIpc) is 2.99. The molecule has 0 N–H and O–H groups in total. The zero-order valence-electron chi connectivity index (χ0n) is 8.22. The van der Waals surface area contributed by atoms with E-state index in [0.717, 1.165) is 23.4 Å². The van der Waals surface area contributed by atoms with Gasteiger partial charge in [0.05, 0.1) is 5.41 Å². The van der Waals surface area contributed by atoms with Gasteiger partial charge in [0.15, 0.2) is 0 Å². The van der Waals surface area contributed by atoms with Gasteiger partial charge in [-0.25, -0.2) is 0 Å². The summed E-state index contributed by atoms with van der Waals surface area (Å²) in [6, 6.07) is 7.67. The molecule has 0 unspecified atom stereocenters. The first-order valence-corrected chi connectivity index (χ1v) is 5.36. The third-order valence-corrected chi connectivity index (χ3v) is 3.25. The summed E-state index contributed by atoms with van der Waals surface area (Å²) in [6.07, 6.45) is 2.63. The Morgan fingerprint density at radius 2 is 1.93 bits per heavy atom. The van der Waals surface area contributed by atoms with Gasteiger partial charge in [-0.05, 0) is 30.5 Å². The molecule has 2 rings (SSSR count). The first-order valence-electron chi connectivity index (χ1n) is 4.98. The Labute approximate surface area is 89.1 Å². The lowest BCUT2D eigenvalue weighted by atomic mass is 9.90. The number of halogens is 1. The van der Waals surface area contributed by atoms with E-state index < -0.39 is 0 Å². The van der Waals surface area contributed by atoms with Gasteiger partial charge in [-0.15, -0.1) is 0 Å². The lowest BCUT2D eigenvalue weighted by molar-refractivity contribution is -0.121. The van der Waals surface area contributed by atoms with Crippen molar-refractivity contribution in [2.24, 2.45) is 0 Å². The normalized spacial score (nSPS) is 17.9. The van der Waals surface area contributed by atoms with Crippen LogP contribution >= 0.6 is 11.6 Å². The topological polar surface area (TPSA) is 17.1 Å². The lowest BCUT2D eigenvalue weighted by Crippen LogP contribution is -2.19. The number of ketones is 1. The van der Waals surface area contributed by atoms with Crippen molar-refractivity contribution in [3.05, 3.63) is 34.9 Å². The van der Waals surface area contributed by atoms with Crippen molar-refractivity contribution in [2.45, 2.75) is 31.6 Å². The molecule has 0 bridgehead atoms. The van der Waals surface area contributed by atoms with E-state index in [4.69, 9.17) is 11.6 Å². The van der Waals surface area contributed by atoms with E-state index in [-0.39, 0.29) is 5.41 Å². The largest absolute Gasteiger partial charge is 0.299 e. The van der Waals surface area contributed by atoms with Gasteiger partial charge in [-0.3, -0.25) is 4.79 Å². The number of hydrogen-bond donors (Lipinski definition) is 0. The van der Waals surface area contributed by atoms with E-state index >= 15 is 0 Å². The first kappa shape index (κ1) is 9.72. The van der Waals surface area contributed by atoms with Gasteiger partial charge < -0.3 is 0 Å². The molecule has 1 nitrogen and oxygen atoms in total. The molecule has 74 valence electrons. The molecular weight excluding hydrogens is 196 g/mol. The molecule has 14 heavy (non-hydrogen) atoms. The van der Waals surface area contributed by atoms with E-state index in [1.165, 1.54) is 0 Å². The third-order valence-electron chi connectivity index (χ3n) is 3.00. The van der Waals surface area contributed by atoms with Gasteiger partial charge in [0.2, 0.25) is 0 Å². The van der Waals surface area contributed by atoms with E-state index in [2.05, 4.69) is 0 Å². The Kier molecular flexibility index (Phi) is 2.36. The predicted molar refractivity (Wildman–Crippen MR) is 57.7 cm³/mol. The highest BCUT2D eigenvalue weighted by Crippen LogP contribution is 2.49. The van der Waals surface area contributed by atoms with E-state index in [9.17, 15) is 4.79 Å². The van der Waals surface area contributed by atoms with Crippen LogP contribution in [0.5, 0.6) is 0 Å². The van der Waals surface area contributed by atoms with Crippen molar-refractivity contribution in [2.75, 3.05) is 0 Å². The first-order chi connectivity index (χ1) is 6.69. The highest BCUT2D eigenvalue weighted by Gasteiger charge is 2.49. The molecule has 0 heterocycles. The van der Waals surface area contributed by atoms with Crippen molar-refractivity contribution in [3.8, 4) is 0 Å². The SMILES string of the molecule is CCC(=O)C1(c2ccc(Cl)cc2)CC1. The second-order valence-corrected chi connectivity index (χ2v) is 4.30. The highest BCUT2D eigenvalue weighted by molar-refractivity contribution is 6.30. The van der Waals surface area contributed by atoms with Crippen LogP contribution in [0.4, 0.5) is 0 Å². The second-order valence-electron chi connectivity index (χ2n) is 3.87. The van der Waals surface area contributed by atoms with Crippen LogP contribution in [0.2, 0.25) is 5.02 Å². The highest BCUT2D eigenvalue weighted by atomic mass is 35.5. The molecule has 0 amide bonds. The van der Waals surface area contributed by atoms with Crippen LogP contribution in [0.3, 0.4) is 0 Å². The summed E-state index contributed by atoms with van der Waals surface area (Å²) in [5.41, 5.74) is 0.980. The number of hydrogen-bond acceptors (Lipinski definition) is 1. The van der Waals surface area contributed by atoms with Gasteiger partial charge in [0, 0.05) is 11.4 Å². The lowest BCUT2D eigenvalue weighted by Gasteiger charge is -2.12. The van der Waals surface area contributed by atoms with Gasteiger partial charge in [-0.1, -0.05) is 30.7 Å². The van der Waals surface area contributed by atoms with Crippen LogP contribution in [-0.4, -0.2) is 5.78 Å². The Bertz CT molecular complexity index is 349. The van der Waals surface area contributed by atoms with Gasteiger partial charge in [0.1, 0.15) is 5.78 Å². The van der Waals surface area contributed by atoms with Crippen LogP contribution < -0.4 is 0 Å². The smallest absolute Gasteiger partial charge is 0.143 e. The maximum Gasteiger partial charge on any atom is 0.143 e. The van der Waals surface area contributed by atoms with Crippen molar-refractivity contribution < 1.29 is 4.79 Å². The zero-order valence-corrected chi connectivity index (χ0v) is 8.97. The quantitative estimate of drug-likeness (QED) is 0.745. The van der Waals surface area contributed by atoms with Gasteiger partial charge >= 0.3 is 0 Å². The molecule has 0 radical (unpaired) electrons. The van der Waals surface area contributed by atoms with Crippen LogP contribution in [0, 0.1) is 0 Å². The number of carbonyl (C=O) groups excluding carboxylic acids is 1. The molecule has 1 fully saturated rings. The molecule has 0 aromatic heterocycles. The molecule has 0 saturated heterocycles. The summed E-state index contributed by atoms with van der Waals surface area (Å²) in [7, 11) is 0.